The van der Waals surface area contributed by atoms with Gasteiger partial charge in [-0.25, -0.2) is 0 Å². The first-order valence-electron chi connectivity index (χ1n) is 7.35. The maximum atomic E-state index is 12.6. The number of nitrogens with zero attached hydrogens (tertiary/aromatic N) is 1. The lowest BCUT2D eigenvalue weighted by atomic mass is 9.92. The van der Waals surface area contributed by atoms with Crippen molar-refractivity contribution < 1.29 is 9.59 Å². The fourth-order valence-corrected chi connectivity index (χ4v) is 3.59. The maximum Gasteiger partial charge on any atom is 0.264 e. The summed E-state index contributed by atoms with van der Waals surface area (Å²) in [5.41, 5.74) is 5.82. The molecule has 1 aliphatic rings. The van der Waals surface area contributed by atoms with Crippen molar-refractivity contribution in [2.45, 2.75) is 39.3 Å². The average Bonchev–Trinajstić information content (AvgIpc) is 2.93. The number of piperidine rings is 1. The van der Waals surface area contributed by atoms with Crippen LogP contribution in [0.25, 0.3) is 0 Å². The number of carbonyl (C=O) groups excluding carboxylic acids is 2. The van der Waals surface area contributed by atoms with E-state index in [0.717, 1.165) is 29.1 Å². The van der Waals surface area contributed by atoms with Crippen LogP contribution in [0.3, 0.4) is 0 Å². The van der Waals surface area contributed by atoms with Gasteiger partial charge in [0.15, 0.2) is 0 Å². The summed E-state index contributed by atoms with van der Waals surface area (Å²) >= 11 is 1.44. The number of amides is 2. The van der Waals surface area contributed by atoms with Gasteiger partial charge >= 0.3 is 0 Å². The van der Waals surface area contributed by atoms with Crippen LogP contribution < -0.4 is 11.1 Å². The van der Waals surface area contributed by atoms with Crippen LogP contribution >= 0.6 is 11.3 Å². The van der Waals surface area contributed by atoms with Crippen molar-refractivity contribution >= 4 is 23.2 Å². The van der Waals surface area contributed by atoms with E-state index in [4.69, 9.17) is 5.73 Å². The zero-order valence-electron chi connectivity index (χ0n) is 12.6. The first-order chi connectivity index (χ1) is 10.0. The lowest BCUT2D eigenvalue weighted by Gasteiger charge is -2.37. The van der Waals surface area contributed by atoms with E-state index in [1.165, 1.54) is 18.3 Å². The van der Waals surface area contributed by atoms with E-state index in [2.05, 4.69) is 12.2 Å². The largest absolute Gasteiger partial charge is 0.351 e. The van der Waals surface area contributed by atoms with E-state index >= 15 is 0 Å². The van der Waals surface area contributed by atoms with Crippen LogP contribution in [0.4, 0.5) is 0 Å². The molecule has 2 amide bonds. The molecular formula is C15H23N3O2S. The number of likely N-dealkylation sites (tertiary alicyclic amines) is 1. The number of nitrogens with two attached hydrogens (primary N) is 1. The standard InChI is InChI=1S/C15H23N3O2S/c1-10-5-6-18(12(7-10)8-16)15(20)14-4-3-13(21-14)9-17-11(2)19/h3-4,10,12H,5-9,16H2,1-2H3,(H,17,19). The number of thiophene rings is 1. The molecule has 1 saturated heterocycles. The molecular weight excluding hydrogens is 286 g/mol. The van der Waals surface area contributed by atoms with Crippen LogP contribution in [0.5, 0.6) is 0 Å². The molecule has 2 unspecified atom stereocenters. The molecule has 0 spiro atoms. The predicted molar refractivity (Wildman–Crippen MR) is 84.1 cm³/mol. The van der Waals surface area contributed by atoms with E-state index in [-0.39, 0.29) is 17.9 Å². The lowest BCUT2D eigenvalue weighted by molar-refractivity contribution is -0.119. The molecule has 5 nitrogen and oxygen atoms in total. The second kappa shape index (κ2) is 7.04. The fraction of sp³-hybridized carbons (Fsp3) is 0.600. The zero-order valence-corrected chi connectivity index (χ0v) is 13.4. The summed E-state index contributed by atoms with van der Waals surface area (Å²) in [5, 5.41) is 2.75. The Labute approximate surface area is 129 Å². The molecule has 6 heteroatoms. The Morgan fingerprint density at radius 3 is 2.90 bits per heavy atom. The molecule has 0 aromatic carbocycles. The minimum atomic E-state index is -0.0653. The molecule has 0 aliphatic carbocycles. The maximum absolute atomic E-state index is 12.6. The SMILES string of the molecule is CC(=O)NCc1ccc(C(=O)N2CCC(C)CC2CN)s1. The molecule has 1 aromatic rings. The molecule has 3 N–H and O–H groups in total. The van der Waals surface area contributed by atoms with Crippen LogP contribution in [-0.2, 0) is 11.3 Å². The summed E-state index contributed by atoms with van der Waals surface area (Å²) in [7, 11) is 0. The third kappa shape index (κ3) is 4.04. The number of hydrogen-bond acceptors (Lipinski definition) is 4. The molecule has 116 valence electrons. The van der Waals surface area contributed by atoms with E-state index < -0.39 is 0 Å². The Bertz CT molecular complexity index is 515. The Balaban J connectivity index is 2.03. The minimum Gasteiger partial charge on any atom is -0.351 e. The van der Waals surface area contributed by atoms with Gasteiger partial charge in [-0.2, -0.15) is 0 Å². The third-order valence-corrected chi connectivity index (χ3v) is 4.97. The van der Waals surface area contributed by atoms with Gasteiger partial charge in [-0.1, -0.05) is 6.92 Å². The second-order valence-corrected chi connectivity index (χ2v) is 6.86. The van der Waals surface area contributed by atoms with Crippen molar-refractivity contribution in [2.24, 2.45) is 11.7 Å². The van der Waals surface area contributed by atoms with Gasteiger partial charge in [0.05, 0.1) is 11.4 Å². The molecule has 2 atom stereocenters. The molecule has 1 aliphatic heterocycles. The van der Waals surface area contributed by atoms with Crippen LogP contribution in [0, 0.1) is 5.92 Å². The van der Waals surface area contributed by atoms with Crippen molar-refractivity contribution in [1.29, 1.82) is 0 Å². The molecule has 0 radical (unpaired) electrons. The van der Waals surface area contributed by atoms with Crippen molar-refractivity contribution in [2.75, 3.05) is 13.1 Å². The Kier molecular flexibility index (Phi) is 5.36. The highest BCUT2D eigenvalue weighted by molar-refractivity contribution is 7.14. The van der Waals surface area contributed by atoms with E-state index in [9.17, 15) is 9.59 Å². The van der Waals surface area contributed by atoms with Gasteiger partial charge in [-0.3, -0.25) is 9.59 Å². The summed E-state index contributed by atoms with van der Waals surface area (Å²) in [4.78, 5) is 27.2. The van der Waals surface area contributed by atoms with Crippen molar-refractivity contribution in [3.8, 4) is 0 Å². The molecule has 0 bridgehead atoms. The summed E-state index contributed by atoms with van der Waals surface area (Å²) in [6, 6.07) is 3.88. The van der Waals surface area contributed by atoms with E-state index in [1.54, 1.807) is 0 Å². The topological polar surface area (TPSA) is 75.4 Å². The van der Waals surface area contributed by atoms with E-state index in [1.807, 2.05) is 17.0 Å². The van der Waals surface area contributed by atoms with Crippen LogP contribution in [-0.4, -0.2) is 35.8 Å². The predicted octanol–water partition coefficient (Wildman–Crippen LogP) is 1.58. The smallest absolute Gasteiger partial charge is 0.264 e. The van der Waals surface area contributed by atoms with Gasteiger partial charge in [0.25, 0.3) is 5.91 Å². The first kappa shape index (κ1) is 16.0. The molecule has 2 heterocycles. The monoisotopic (exact) mass is 309 g/mol. The van der Waals surface area contributed by atoms with Gasteiger partial charge in [0.2, 0.25) is 5.91 Å². The zero-order chi connectivity index (χ0) is 15.4. The highest BCUT2D eigenvalue weighted by atomic mass is 32.1. The lowest BCUT2D eigenvalue weighted by Crippen LogP contribution is -2.49. The Morgan fingerprint density at radius 2 is 2.24 bits per heavy atom. The highest BCUT2D eigenvalue weighted by Crippen LogP contribution is 2.26. The van der Waals surface area contributed by atoms with Gasteiger partial charge in [-0.05, 0) is 30.9 Å². The van der Waals surface area contributed by atoms with E-state index in [0.29, 0.717) is 19.0 Å². The fourth-order valence-electron chi connectivity index (χ4n) is 2.68. The summed E-state index contributed by atoms with van der Waals surface area (Å²) in [6.07, 6.45) is 2.01. The summed E-state index contributed by atoms with van der Waals surface area (Å²) < 4.78 is 0. The van der Waals surface area contributed by atoms with Crippen LogP contribution in [0.1, 0.15) is 41.2 Å². The summed E-state index contributed by atoms with van der Waals surface area (Å²) in [5.74, 6) is 0.627. The number of nitrogens with one attached hydrogen (secondary N) is 1. The average molecular weight is 309 g/mol. The van der Waals surface area contributed by atoms with Gasteiger partial charge in [0, 0.05) is 30.9 Å². The first-order valence-corrected chi connectivity index (χ1v) is 8.17. The highest BCUT2D eigenvalue weighted by Gasteiger charge is 2.30. The van der Waals surface area contributed by atoms with Crippen LogP contribution in [0.2, 0.25) is 0 Å². The quantitative estimate of drug-likeness (QED) is 0.887. The second-order valence-electron chi connectivity index (χ2n) is 5.69. The van der Waals surface area contributed by atoms with Crippen molar-refractivity contribution in [3.05, 3.63) is 21.9 Å². The Morgan fingerprint density at radius 1 is 1.48 bits per heavy atom. The van der Waals surface area contributed by atoms with Gasteiger partial charge < -0.3 is 16.0 Å². The van der Waals surface area contributed by atoms with Crippen molar-refractivity contribution in [3.63, 3.8) is 0 Å². The molecule has 1 aromatic heterocycles. The molecule has 0 saturated carbocycles. The number of hydrogen-bond donors (Lipinski definition) is 2. The van der Waals surface area contributed by atoms with Gasteiger partial charge in [0.1, 0.15) is 0 Å². The molecule has 1 fully saturated rings. The molecule has 2 rings (SSSR count). The number of carbonyl (C=O) groups is 2. The summed E-state index contributed by atoms with van der Waals surface area (Å²) in [6.45, 7) is 5.47. The van der Waals surface area contributed by atoms with Crippen LogP contribution in [0.15, 0.2) is 12.1 Å². The van der Waals surface area contributed by atoms with Crippen molar-refractivity contribution in [1.82, 2.24) is 10.2 Å². The van der Waals surface area contributed by atoms with Gasteiger partial charge in [-0.15, -0.1) is 11.3 Å². The third-order valence-electron chi connectivity index (χ3n) is 3.89. The Hall–Kier alpha value is -1.40. The number of rotatable bonds is 4. The molecule has 21 heavy (non-hydrogen) atoms. The minimum absolute atomic E-state index is 0.0653. The normalized spacial score (nSPS) is 22.1.